The second-order valence-corrected chi connectivity index (χ2v) is 4.92. The van der Waals surface area contributed by atoms with Crippen molar-refractivity contribution in [3.63, 3.8) is 0 Å². The van der Waals surface area contributed by atoms with Crippen LogP contribution in [-0.4, -0.2) is 19.0 Å². The fourth-order valence-electron chi connectivity index (χ4n) is 2.35. The summed E-state index contributed by atoms with van der Waals surface area (Å²) < 4.78 is 26.2. The van der Waals surface area contributed by atoms with Crippen LogP contribution >= 0.6 is 0 Å². The van der Waals surface area contributed by atoms with Gasteiger partial charge >= 0.3 is 0 Å². The van der Waals surface area contributed by atoms with Crippen molar-refractivity contribution >= 4 is 0 Å². The van der Waals surface area contributed by atoms with Gasteiger partial charge in [0.25, 0.3) is 0 Å². The summed E-state index contributed by atoms with van der Waals surface area (Å²) in [5.41, 5.74) is 2.90. The zero-order valence-corrected chi connectivity index (χ0v) is 11.3. The van der Waals surface area contributed by atoms with Gasteiger partial charge in [0.1, 0.15) is 11.6 Å². The summed E-state index contributed by atoms with van der Waals surface area (Å²) in [5.74, 6) is -0.491. The molecule has 1 nitrogen and oxygen atoms in total. The first-order valence-corrected chi connectivity index (χ1v) is 6.17. The molecule has 3 heteroatoms. The summed E-state index contributed by atoms with van der Waals surface area (Å²) in [6, 6.07) is 11.2. The fraction of sp³-hybridized carbons (Fsp3) is 0.250. The Kier molecular flexibility index (Phi) is 3.96. The molecule has 0 aromatic heterocycles. The molecule has 0 N–H and O–H groups in total. The fourth-order valence-corrected chi connectivity index (χ4v) is 2.35. The van der Waals surface area contributed by atoms with Gasteiger partial charge in [-0.15, -0.1) is 0 Å². The summed E-state index contributed by atoms with van der Waals surface area (Å²) >= 11 is 0. The van der Waals surface area contributed by atoms with Gasteiger partial charge in [-0.05, 0) is 62.0 Å². The Labute approximate surface area is 112 Å². The third kappa shape index (κ3) is 2.99. The molecule has 0 radical (unpaired) electrons. The molecule has 0 aliphatic carbocycles. The standard InChI is InChI=1S/C16H17F2N/c1-11-10-14(18)8-9-15(11)16(19(2)3)12-4-6-13(17)7-5-12/h4-10,16H,1-3H3/t16-/m0/s1. The predicted octanol–water partition coefficient (Wildman–Crippen LogP) is 3.92. The maximum atomic E-state index is 13.2. The third-order valence-corrected chi connectivity index (χ3v) is 3.23. The molecule has 0 unspecified atom stereocenters. The second-order valence-electron chi connectivity index (χ2n) is 4.92. The number of aryl methyl sites for hydroxylation is 1. The number of halogens is 2. The number of rotatable bonds is 3. The van der Waals surface area contributed by atoms with E-state index in [1.54, 1.807) is 18.2 Å². The van der Waals surface area contributed by atoms with E-state index in [0.717, 1.165) is 16.7 Å². The van der Waals surface area contributed by atoms with E-state index >= 15 is 0 Å². The molecule has 0 bridgehead atoms. The lowest BCUT2D eigenvalue weighted by atomic mass is 9.94. The van der Waals surface area contributed by atoms with Gasteiger partial charge in [0.2, 0.25) is 0 Å². The van der Waals surface area contributed by atoms with E-state index in [-0.39, 0.29) is 17.7 Å². The van der Waals surface area contributed by atoms with E-state index in [1.165, 1.54) is 24.3 Å². The zero-order chi connectivity index (χ0) is 14.0. The highest BCUT2D eigenvalue weighted by Crippen LogP contribution is 2.29. The third-order valence-electron chi connectivity index (χ3n) is 3.23. The zero-order valence-electron chi connectivity index (χ0n) is 11.3. The molecular weight excluding hydrogens is 244 g/mol. The molecule has 2 aromatic carbocycles. The van der Waals surface area contributed by atoms with E-state index < -0.39 is 0 Å². The van der Waals surface area contributed by atoms with Crippen LogP contribution < -0.4 is 0 Å². The number of benzene rings is 2. The molecule has 0 saturated heterocycles. The van der Waals surface area contributed by atoms with Crippen molar-refractivity contribution in [1.82, 2.24) is 4.90 Å². The van der Waals surface area contributed by atoms with Crippen LogP contribution in [0, 0.1) is 18.6 Å². The lowest BCUT2D eigenvalue weighted by molar-refractivity contribution is 0.341. The van der Waals surface area contributed by atoms with Crippen LogP contribution in [0.4, 0.5) is 8.78 Å². The summed E-state index contributed by atoms with van der Waals surface area (Å²) in [7, 11) is 3.91. The first-order valence-electron chi connectivity index (χ1n) is 6.17. The van der Waals surface area contributed by atoms with Gasteiger partial charge in [0.05, 0.1) is 6.04 Å². The normalized spacial score (nSPS) is 12.7. The number of hydrogen-bond acceptors (Lipinski definition) is 1. The first-order chi connectivity index (χ1) is 8.99. The monoisotopic (exact) mass is 261 g/mol. The highest BCUT2D eigenvalue weighted by molar-refractivity contribution is 5.37. The average molecular weight is 261 g/mol. The van der Waals surface area contributed by atoms with E-state index in [4.69, 9.17) is 0 Å². The average Bonchev–Trinajstić information content (AvgIpc) is 2.34. The van der Waals surface area contributed by atoms with E-state index in [9.17, 15) is 8.78 Å². The van der Waals surface area contributed by atoms with Crippen molar-refractivity contribution in [2.24, 2.45) is 0 Å². The van der Waals surface area contributed by atoms with Crippen molar-refractivity contribution in [2.75, 3.05) is 14.1 Å². The summed E-state index contributed by atoms with van der Waals surface area (Å²) in [6.07, 6.45) is 0. The molecule has 0 saturated carbocycles. The highest BCUT2D eigenvalue weighted by atomic mass is 19.1. The van der Waals surface area contributed by atoms with E-state index in [0.29, 0.717) is 0 Å². The molecular formula is C16H17F2N. The van der Waals surface area contributed by atoms with E-state index in [2.05, 4.69) is 0 Å². The quantitative estimate of drug-likeness (QED) is 0.809. The topological polar surface area (TPSA) is 3.24 Å². The van der Waals surface area contributed by atoms with Gasteiger partial charge in [-0.3, -0.25) is 4.90 Å². The lowest BCUT2D eigenvalue weighted by Gasteiger charge is -2.26. The Morgan fingerprint density at radius 1 is 0.895 bits per heavy atom. The Balaban J connectivity index is 2.48. The van der Waals surface area contributed by atoms with Crippen LogP contribution in [0.2, 0.25) is 0 Å². The van der Waals surface area contributed by atoms with Crippen LogP contribution in [0.25, 0.3) is 0 Å². The van der Waals surface area contributed by atoms with Crippen molar-refractivity contribution in [1.29, 1.82) is 0 Å². The van der Waals surface area contributed by atoms with Crippen LogP contribution in [0.3, 0.4) is 0 Å². The molecule has 100 valence electrons. The molecule has 19 heavy (non-hydrogen) atoms. The molecule has 0 amide bonds. The molecule has 0 fully saturated rings. The van der Waals surface area contributed by atoms with Crippen molar-refractivity contribution < 1.29 is 8.78 Å². The minimum absolute atomic E-state index is 0.0128. The van der Waals surface area contributed by atoms with Crippen LogP contribution in [0.1, 0.15) is 22.7 Å². The van der Waals surface area contributed by atoms with Crippen LogP contribution in [-0.2, 0) is 0 Å². The van der Waals surface area contributed by atoms with Crippen molar-refractivity contribution in [3.05, 3.63) is 70.8 Å². The Hall–Kier alpha value is -1.74. The molecule has 0 aliphatic heterocycles. The Morgan fingerprint density at radius 2 is 1.47 bits per heavy atom. The predicted molar refractivity (Wildman–Crippen MR) is 73.1 cm³/mol. The first kappa shape index (κ1) is 13.7. The summed E-state index contributed by atoms with van der Waals surface area (Å²) in [4.78, 5) is 2.04. The van der Waals surface area contributed by atoms with E-state index in [1.807, 2.05) is 25.9 Å². The van der Waals surface area contributed by atoms with Crippen molar-refractivity contribution in [2.45, 2.75) is 13.0 Å². The Bertz CT molecular complexity index is 561. The molecule has 0 spiro atoms. The maximum absolute atomic E-state index is 13.2. The molecule has 1 atom stereocenters. The largest absolute Gasteiger partial charge is 0.299 e. The summed E-state index contributed by atoms with van der Waals surface area (Å²) in [6.45, 7) is 1.89. The van der Waals surface area contributed by atoms with Gasteiger partial charge in [-0.1, -0.05) is 18.2 Å². The van der Waals surface area contributed by atoms with Gasteiger partial charge in [-0.25, -0.2) is 8.78 Å². The Morgan fingerprint density at radius 3 is 2.00 bits per heavy atom. The molecule has 0 aliphatic rings. The lowest BCUT2D eigenvalue weighted by Crippen LogP contribution is -2.22. The molecule has 2 rings (SSSR count). The SMILES string of the molecule is Cc1cc(F)ccc1[C@H](c1ccc(F)cc1)N(C)C. The van der Waals surface area contributed by atoms with Gasteiger partial charge in [-0.2, -0.15) is 0 Å². The van der Waals surface area contributed by atoms with Gasteiger partial charge < -0.3 is 0 Å². The number of nitrogens with zero attached hydrogens (tertiary/aromatic N) is 1. The second kappa shape index (κ2) is 5.49. The molecule has 2 aromatic rings. The van der Waals surface area contributed by atoms with Gasteiger partial charge in [0.15, 0.2) is 0 Å². The number of hydrogen-bond donors (Lipinski definition) is 0. The summed E-state index contributed by atoms with van der Waals surface area (Å²) in [5, 5.41) is 0. The molecule has 0 heterocycles. The van der Waals surface area contributed by atoms with Crippen LogP contribution in [0.5, 0.6) is 0 Å². The highest BCUT2D eigenvalue weighted by Gasteiger charge is 2.18. The van der Waals surface area contributed by atoms with Crippen LogP contribution in [0.15, 0.2) is 42.5 Å². The minimum atomic E-state index is -0.253. The smallest absolute Gasteiger partial charge is 0.123 e. The minimum Gasteiger partial charge on any atom is -0.299 e. The van der Waals surface area contributed by atoms with Crippen molar-refractivity contribution in [3.8, 4) is 0 Å². The maximum Gasteiger partial charge on any atom is 0.123 e. The van der Waals surface area contributed by atoms with Gasteiger partial charge in [0, 0.05) is 0 Å².